The Morgan fingerprint density at radius 2 is 1.67 bits per heavy atom. The number of amides is 2. The molecule has 0 unspecified atom stereocenters. The fourth-order valence-corrected chi connectivity index (χ4v) is 2.41. The van der Waals surface area contributed by atoms with Gasteiger partial charge in [-0.2, -0.15) is 4.98 Å². The molecule has 0 spiro atoms. The zero-order valence-electron chi connectivity index (χ0n) is 14.3. The van der Waals surface area contributed by atoms with Crippen molar-refractivity contribution in [2.45, 2.75) is 12.8 Å². The lowest BCUT2D eigenvalue weighted by Crippen LogP contribution is -2.15. The number of carbonyl (C=O) groups excluding carboxylic acids is 2. The Bertz CT molecular complexity index is 947. The number of hydrogen-bond acceptors (Lipinski definition) is 5. The second-order valence-corrected chi connectivity index (χ2v) is 6.20. The second kappa shape index (κ2) is 7.33. The van der Waals surface area contributed by atoms with E-state index in [2.05, 4.69) is 15.6 Å². The van der Waals surface area contributed by atoms with Crippen LogP contribution >= 0.6 is 0 Å². The number of nitrogens with one attached hydrogen (secondary N) is 2. The number of anilines is 2. The molecule has 1 saturated carbocycles. The first-order valence-corrected chi connectivity index (χ1v) is 8.58. The molecule has 2 amide bonds. The molecule has 1 aliphatic carbocycles. The summed E-state index contributed by atoms with van der Waals surface area (Å²) in [5, 5.41) is 5.28. The van der Waals surface area contributed by atoms with E-state index in [4.69, 9.17) is 9.15 Å². The number of benzene rings is 2. The molecule has 0 aliphatic heterocycles. The summed E-state index contributed by atoms with van der Waals surface area (Å²) >= 11 is 0. The summed E-state index contributed by atoms with van der Waals surface area (Å²) in [7, 11) is 0. The van der Waals surface area contributed by atoms with Crippen LogP contribution in [-0.4, -0.2) is 16.8 Å². The minimum absolute atomic E-state index is 0.0312. The maximum Gasteiger partial charge on any atom is 0.302 e. The molecule has 1 aliphatic rings. The van der Waals surface area contributed by atoms with Crippen molar-refractivity contribution in [1.29, 1.82) is 0 Å². The largest absolute Gasteiger partial charge is 0.457 e. The molecule has 0 bridgehead atoms. The molecule has 0 atom stereocenters. The summed E-state index contributed by atoms with van der Waals surface area (Å²) < 4.78 is 10.8. The zero-order chi connectivity index (χ0) is 18.6. The normalized spacial score (nSPS) is 13.0. The zero-order valence-corrected chi connectivity index (χ0v) is 14.3. The average Bonchev–Trinajstić information content (AvgIpc) is 3.44. The first-order chi connectivity index (χ1) is 13.2. The lowest BCUT2D eigenvalue weighted by atomic mass is 10.3. The van der Waals surface area contributed by atoms with Crippen LogP contribution in [-0.2, 0) is 4.79 Å². The van der Waals surface area contributed by atoms with Crippen LogP contribution in [0, 0.1) is 5.92 Å². The number of hydrogen-bond donors (Lipinski definition) is 2. The maximum atomic E-state index is 12.3. The molecule has 0 radical (unpaired) electrons. The average molecular weight is 363 g/mol. The van der Waals surface area contributed by atoms with Gasteiger partial charge in [-0.15, -0.1) is 0 Å². The Morgan fingerprint density at radius 1 is 0.963 bits per heavy atom. The Balaban J connectivity index is 1.35. The monoisotopic (exact) mass is 363 g/mol. The molecule has 7 nitrogen and oxygen atoms in total. The number of rotatable bonds is 6. The molecule has 1 heterocycles. The highest BCUT2D eigenvalue weighted by Gasteiger charge is 2.30. The summed E-state index contributed by atoms with van der Waals surface area (Å²) in [6.45, 7) is 0. The molecule has 2 N–H and O–H groups in total. The third-order valence-electron chi connectivity index (χ3n) is 4.01. The van der Waals surface area contributed by atoms with Gasteiger partial charge in [0, 0.05) is 11.6 Å². The SMILES string of the molecule is O=C(Nc1ccc(Oc2ccccc2)cc1)c1coc(NC(=O)C2CC2)n1. The quantitative estimate of drug-likeness (QED) is 0.689. The lowest BCUT2D eigenvalue weighted by Gasteiger charge is -2.07. The maximum absolute atomic E-state index is 12.3. The molecular weight excluding hydrogens is 346 g/mol. The summed E-state index contributed by atoms with van der Waals surface area (Å²) in [4.78, 5) is 27.9. The van der Waals surface area contributed by atoms with E-state index < -0.39 is 5.91 Å². The van der Waals surface area contributed by atoms with Crippen LogP contribution < -0.4 is 15.4 Å². The van der Waals surface area contributed by atoms with Crippen molar-refractivity contribution < 1.29 is 18.7 Å². The van der Waals surface area contributed by atoms with Crippen LogP contribution in [0.5, 0.6) is 11.5 Å². The van der Waals surface area contributed by atoms with E-state index in [-0.39, 0.29) is 23.5 Å². The first kappa shape index (κ1) is 16.8. The number of para-hydroxylation sites is 1. The van der Waals surface area contributed by atoms with Gasteiger partial charge < -0.3 is 14.5 Å². The van der Waals surface area contributed by atoms with Crippen molar-refractivity contribution in [3.8, 4) is 11.5 Å². The Labute approximate surface area is 155 Å². The highest BCUT2D eigenvalue weighted by atomic mass is 16.5. The van der Waals surface area contributed by atoms with Crippen molar-refractivity contribution in [2.75, 3.05) is 10.6 Å². The van der Waals surface area contributed by atoms with Gasteiger partial charge in [0.25, 0.3) is 5.91 Å². The lowest BCUT2D eigenvalue weighted by molar-refractivity contribution is -0.117. The Hall–Kier alpha value is -3.61. The van der Waals surface area contributed by atoms with Gasteiger partial charge in [-0.3, -0.25) is 14.9 Å². The molecule has 2 aromatic carbocycles. The van der Waals surface area contributed by atoms with Gasteiger partial charge in [0.1, 0.15) is 17.8 Å². The molecule has 136 valence electrons. The molecule has 1 aromatic heterocycles. The fraction of sp³-hybridized carbons (Fsp3) is 0.150. The van der Waals surface area contributed by atoms with Crippen LogP contribution in [0.3, 0.4) is 0 Å². The standard InChI is InChI=1S/C20H17N3O4/c24-18(13-6-7-13)23-20-22-17(12-26-20)19(25)21-14-8-10-16(11-9-14)27-15-4-2-1-3-5-15/h1-5,8-13H,6-7H2,(H,21,25)(H,22,23,24). The number of oxazole rings is 1. The summed E-state index contributed by atoms with van der Waals surface area (Å²) in [6.07, 6.45) is 2.97. The molecule has 3 aromatic rings. The van der Waals surface area contributed by atoms with Gasteiger partial charge in [0.15, 0.2) is 5.69 Å². The van der Waals surface area contributed by atoms with Gasteiger partial charge in [0.2, 0.25) is 5.91 Å². The molecular formula is C20H17N3O4. The van der Waals surface area contributed by atoms with Gasteiger partial charge in [-0.1, -0.05) is 18.2 Å². The summed E-state index contributed by atoms with van der Waals surface area (Å²) in [6, 6.07) is 16.4. The van der Waals surface area contributed by atoms with Gasteiger partial charge in [0.05, 0.1) is 0 Å². The van der Waals surface area contributed by atoms with E-state index in [0.717, 1.165) is 18.6 Å². The van der Waals surface area contributed by atoms with E-state index in [1.165, 1.54) is 6.26 Å². The van der Waals surface area contributed by atoms with Crippen molar-refractivity contribution >= 4 is 23.5 Å². The predicted octanol–water partition coefficient (Wildman–Crippen LogP) is 4.07. The minimum atomic E-state index is -0.428. The van der Waals surface area contributed by atoms with Crippen LogP contribution in [0.15, 0.2) is 65.3 Å². The highest BCUT2D eigenvalue weighted by Crippen LogP contribution is 2.30. The molecule has 7 heteroatoms. The van der Waals surface area contributed by atoms with Crippen molar-refractivity contribution in [2.24, 2.45) is 5.92 Å². The molecule has 27 heavy (non-hydrogen) atoms. The van der Waals surface area contributed by atoms with Crippen LogP contribution in [0.2, 0.25) is 0 Å². The van der Waals surface area contributed by atoms with Crippen molar-refractivity contribution in [1.82, 2.24) is 4.98 Å². The fourth-order valence-electron chi connectivity index (χ4n) is 2.41. The predicted molar refractivity (Wildman–Crippen MR) is 98.8 cm³/mol. The van der Waals surface area contributed by atoms with Gasteiger partial charge in [-0.05, 0) is 49.2 Å². The number of nitrogens with zero attached hydrogens (tertiary/aromatic N) is 1. The second-order valence-electron chi connectivity index (χ2n) is 6.20. The molecule has 4 rings (SSSR count). The van der Waals surface area contributed by atoms with Crippen LogP contribution in [0.4, 0.5) is 11.7 Å². The third-order valence-corrected chi connectivity index (χ3v) is 4.01. The van der Waals surface area contributed by atoms with E-state index in [0.29, 0.717) is 11.4 Å². The Kier molecular flexibility index (Phi) is 4.57. The topological polar surface area (TPSA) is 93.5 Å². The Morgan fingerprint density at radius 3 is 2.37 bits per heavy atom. The van der Waals surface area contributed by atoms with Gasteiger partial charge >= 0.3 is 6.01 Å². The number of aromatic nitrogens is 1. The van der Waals surface area contributed by atoms with Crippen molar-refractivity contribution in [3.05, 3.63) is 66.6 Å². The smallest absolute Gasteiger partial charge is 0.302 e. The number of carbonyl (C=O) groups is 2. The third kappa shape index (κ3) is 4.33. The van der Waals surface area contributed by atoms with E-state index in [1.54, 1.807) is 24.3 Å². The van der Waals surface area contributed by atoms with E-state index in [1.807, 2.05) is 30.3 Å². The van der Waals surface area contributed by atoms with E-state index >= 15 is 0 Å². The van der Waals surface area contributed by atoms with Crippen LogP contribution in [0.1, 0.15) is 23.3 Å². The minimum Gasteiger partial charge on any atom is -0.457 e. The molecule has 1 fully saturated rings. The van der Waals surface area contributed by atoms with Crippen molar-refractivity contribution in [3.63, 3.8) is 0 Å². The first-order valence-electron chi connectivity index (χ1n) is 8.58. The van der Waals surface area contributed by atoms with Crippen LogP contribution in [0.25, 0.3) is 0 Å². The summed E-state index contributed by atoms with van der Waals surface area (Å²) in [5.74, 6) is 0.870. The highest BCUT2D eigenvalue weighted by molar-refractivity contribution is 6.03. The van der Waals surface area contributed by atoms with Gasteiger partial charge in [-0.25, -0.2) is 0 Å². The number of ether oxygens (including phenoxy) is 1. The summed E-state index contributed by atoms with van der Waals surface area (Å²) in [5.41, 5.74) is 0.678. The molecule has 0 saturated heterocycles. The van der Waals surface area contributed by atoms with E-state index in [9.17, 15) is 9.59 Å².